The van der Waals surface area contributed by atoms with Crippen molar-refractivity contribution in [3.8, 4) is 0 Å². The van der Waals surface area contributed by atoms with E-state index in [1.165, 1.54) is 12.1 Å². The van der Waals surface area contributed by atoms with E-state index in [1.54, 1.807) is 6.92 Å². The van der Waals surface area contributed by atoms with E-state index < -0.39 is 32.3 Å². The summed E-state index contributed by atoms with van der Waals surface area (Å²) in [6.07, 6.45) is -1.37. The molecule has 1 fully saturated rings. The fourth-order valence-corrected chi connectivity index (χ4v) is 6.93. The second-order valence-corrected chi connectivity index (χ2v) is 11.1. The summed E-state index contributed by atoms with van der Waals surface area (Å²) < 4.78 is 5.39. The monoisotopic (exact) mass is 321 g/mol. The molecular weight excluding hydrogens is 298 g/mol. The fourth-order valence-electron chi connectivity index (χ4n) is 3.27. The molecule has 5 nitrogen and oxygen atoms in total. The van der Waals surface area contributed by atoms with Gasteiger partial charge in [-0.25, -0.2) is 4.79 Å². The zero-order chi connectivity index (χ0) is 16.5. The average Bonchev–Trinajstić information content (AvgIpc) is 2.77. The van der Waals surface area contributed by atoms with Gasteiger partial charge in [0.1, 0.15) is 12.1 Å². The first kappa shape index (κ1) is 16.7. The number of carbonyl (C=O) groups is 2. The first-order valence-electron chi connectivity index (χ1n) is 7.46. The summed E-state index contributed by atoms with van der Waals surface area (Å²) in [6.45, 7) is 7.28. The quantitative estimate of drug-likeness (QED) is 0.635. The molecule has 1 heterocycles. The van der Waals surface area contributed by atoms with Crippen LogP contribution in [0.4, 0.5) is 0 Å². The Morgan fingerprint density at radius 2 is 1.91 bits per heavy atom. The van der Waals surface area contributed by atoms with Crippen LogP contribution < -0.4 is 10.5 Å². The Morgan fingerprint density at radius 1 is 1.32 bits per heavy atom. The molecule has 2 rings (SSSR count). The summed E-state index contributed by atoms with van der Waals surface area (Å²) in [4.78, 5) is 23.7. The number of hydrogen-bond acceptors (Lipinski definition) is 4. The number of ether oxygens (including phenoxy) is 1. The first-order chi connectivity index (χ1) is 10.2. The topological polar surface area (TPSA) is 75.6 Å². The Hall–Kier alpha value is -1.66. The van der Waals surface area contributed by atoms with Crippen molar-refractivity contribution < 1.29 is 19.4 Å². The van der Waals surface area contributed by atoms with Crippen LogP contribution in [0.5, 0.6) is 0 Å². The number of cyclic esters (lactones) is 1. The molecule has 2 N–H and O–H groups in total. The maximum absolute atomic E-state index is 12.2. The predicted octanol–water partition coefficient (Wildman–Crippen LogP) is 0.783. The molecule has 0 radical (unpaired) electrons. The molecule has 1 aromatic carbocycles. The van der Waals surface area contributed by atoms with Crippen LogP contribution in [0.3, 0.4) is 0 Å². The molecule has 1 aromatic rings. The maximum Gasteiger partial charge on any atom is 0.329 e. The van der Waals surface area contributed by atoms with Gasteiger partial charge in [-0.05, 0) is 6.92 Å². The van der Waals surface area contributed by atoms with E-state index in [0.29, 0.717) is 0 Å². The summed E-state index contributed by atoms with van der Waals surface area (Å²) in [6, 6.07) is 9.26. The molecular formula is C16H23NO4Si. The SMILES string of the molecule is CC(=O)N[C@@H]1C(=O)O[C@H]([C@H](C)O)[C@H]1[Si](C)(C)c1ccccc1. The predicted molar refractivity (Wildman–Crippen MR) is 86.5 cm³/mol. The van der Waals surface area contributed by atoms with Crippen molar-refractivity contribution in [2.75, 3.05) is 0 Å². The summed E-state index contributed by atoms with van der Waals surface area (Å²) in [7, 11) is -2.16. The zero-order valence-corrected chi connectivity index (χ0v) is 14.4. The van der Waals surface area contributed by atoms with Crippen molar-refractivity contribution in [1.82, 2.24) is 5.32 Å². The number of benzene rings is 1. The Morgan fingerprint density at radius 3 is 2.41 bits per heavy atom. The molecule has 6 heteroatoms. The lowest BCUT2D eigenvalue weighted by molar-refractivity contribution is -0.147. The second kappa shape index (κ2) is 6.22. The highest BCUT2D eigenvalue weighted by Gasteiger charge is 2.55. The third kappa shape index (κ3) is 3.07. The van der Waals surface area contributed by atoms with Crippen molar-refractivity contribution in [2.45, 2.75) is 50.7 Å². The van der Waals surface area contributed by atoms with Crippen LogP contribution >= 0.6 is 0 Å². The molecule has 0 spiro atoms. The van der Waals surface area contributed by atoms with Gasteiger partial charge in [0.05, 0.1) is 14.2 Å². The molecule has 120 valence electrons. The largest absolute Gasteiger partial charge is 0.458 e. The van der Waals surface area contributed by atoms with Crippen LogP contribution in [0.15, 0.2) is 30.3 Å². The summed E-state index contributed by atoms with van der Waals surface area (Å²) in [5.41, 5.74) is -0.216. The molecule has 4 atom stereocenters. The number of hydrogen-bond donors (Lipinski definition) is 2. The Balaban J connectivity index is 2.44. The minimum absolute atomic E-state index is 0.216. The van der Waals surface area contributed by atoms with Gasteiger partial charge >= 0.3 is 5.97 Å². The molecule has 0 aromatic heterocycles. The number of aliphatic hydroxyl groups is 1. The van der Waals surface area contributed by atoms with E-state index in [9.17, 15) is 14.7 Å². The molecule has 0 saturated carbocycles. The van der Waals surface area contributed by atoms with Crippen LogP contribution in [0.2, 0.25) is 18.6 Å². The van der Waals surface area contributed by atoms with Gasteiger partial charge < -0.3 is 15.2 Å². The number of rotatable bonds is 4. The Labute approximate surface area is 131 Å². The van der Waals surface area contributed by atoms with Crippen LogP contribution in [0.25, 0.3) is 0 Å². The molecule has 1 aliphatic rings. The molecule has 0 bridgehead atoms. The van der Waals surface area contributed by atoms with E-state index in [0.717, 1.165) is 0 Å². The van der Waals surface area contributed by atoms with Crippen LogP contribution in [0.1, 0.15) is 13.8 Å². The third-order valence-corrected chi connectivity index (χ3v) is 8.55. The fraction of sp³-hybridized carbons (Fsp3) is 0.500. The van der Waals surface area contributed by atoms with Crippen LogP contribution in [-0.4, -0.2) is 43.3 Å². The van der Waals surface area contributed by atoms with E-state index in [2.05, 4.69) is 18.4 Å². The average molecular weight is 321 g/mol. The number of aliphatic hydroxyl groups excluding tert-OH is 1. The van der Waals surface area contributed by atoms with Gasteiger partial charge in [-0.1, -0.05) is 48.6 Å². The molecule has 1 aliphatic heterocycles. The minimum atomic E-state index is -2.16. The van der Waals surface area contributed by atoms with Crippen LogP contribution in [-0.2, 0) is 14.3 Å². The highest BCUT2D eigenvalue weighted by atomic mass is 28.3. The Kier molecular flexibility index (Phi) is 4.72. The standard InChI is InChI=1S/C16H23NO4Si/c1-10(18)14-15(13(16(20)21-14)17-11(2)19)22(3,4)12-8-6-5-7-9-12/h5-10,13-15,18H,1-4H3,(H,17,19)/t10-,13-,14+,15-/m0/s1. The van der Waals surface area contributed by atoms with Crippen molar-refractivity contribution in [3.05, 3.63) is 30.3 Å². The van der Waals surface area contributed by atoms with Gasteiger partial charge in [0.15, 0.2) is 0 Å². The van der Waals surface area contributed by atoms with E-state index >= 15 is 0 Å². The van der Waals surface area contributed by atoms with E-state index in [4.69, 9.17) is 4.74 Å². The summed E-state index contributed by atoms with van der Waals surface area (Å²) in [5, 5.41) is 13.9. The van der Waals surface area contributed by atoms with Gasteiger partial charge in [-0.3, -0.25) is 4.79 Å². The van der Waals surface area contributed by atoms with Gasteiger partial charge in [0.25, 0.3) is 0 Å². The summed E-state index contributed by atoms with van der Waals surface area (Å²) in [5.74, 6) is -0.723. The second-order valence-electron chi connectivity index (χ2n) is 6.43. The normalized spacial score (nSPS) is 26.4. The maximum atomic E-state index is 12.2. The highest BCUT2D eigenvalue weighted by molar-refractivity contribution is 6.91. The molecule has 1 saturated heterocycles. The van der Waals surface area contributed by atoms with Crippen molar-refractivity contribution in [3.63, 3.8) is 0 Å². The molecule has 22 heavy (non-hydrogen) atoms. The van der Waals surface area contributed by atoms with Crippen molar-refractivity contribution in [2.24, 2.45) is 0 Å². The number of carbonyl (C=O) groups excluding carboxylic acids is 2. The van der Waals surface area contributed by atoms with Crippen molar-refractivity contribution in [1.29, 1.82) is 0 Å². The van der Waals surface area contributed by atoms with E-state index in [-0.39, 0.29) is 11.4 Å². The van der Waals surface area contributed by atoms with E-state index in [1.807, 2.05) is 30.3 Å². The lowest BCUT2D eigenvalue weighted by Gasteiger charge is -2.36. The van der Waals surface area contributed by atoms with Gasteiger partial charge in [-0.2, -0.15) is 0 Å². The summed E-state index contributed by atoms with van der Waals surface area (Å²) >= 11 is 0. The lowest BCUT2D eigenvalue weighted by atomic mass is 10.1. The van der Waals surface area contributed by atoms with Crippen LogP contribution in [0, 0.1) is 0 Å². The minimum Gasteiger partial charge on any atom is -0.458 e. The Bertz CT molecular complexity index is 559. The number of nitrogens with one attached hydrogen (secondary N) is 1. The first-order valence-corrected chi connectivity index (χ1v) is 10.5. The third-order valence-electron chi connectivity index (χ3n) is 4.40. The van der Waals surface area contributed by atoms with Gasteiger partial charge in [0.2, 0.25) is 5.91 Å². The van der Waals surface area contributed by atoms with Crippen molar-refractivity contribution >= 4 is 25.1 Å². The zero-order valence-electron chi connectivity index (χ0n) is 13.4. The molecule has 0 aliphatic carbocycles. The van der Waals surface area contributed by atoms with Gasteiger partial charge in [-0.15, -0.1) is 0 Å². The number of amides is 1. The number of esters is 1. The van der Waals surface area contributed by atoms with Gasteiger partial charge in [0, 0.05) is 12.5 Å². The highest BCUT2D eigenvalue weighted by Crippen LogP contribution is 2.38. The lowest BCUT2D eigenvalue weighted by Crippen LogP contribution is -2.57. The smallest absolute Gasteiger partial charge is 0.329 e. The molecule has 0 unspecified atom stereocenters. The molecule has 1 amide bonds.